The topological polar surface area (TPSA) is 12.5 Å². The summed E-state index contributed by atoms with van der Waals surface area (Å²) in [4.78, 5) is 2.38. The van der Waals surface area contributed by atoms with Crippen LogP contribution in [0.1, 0.15) is 11.1 Å². The molecule has 0 atom stereocenters. The molecular formula is C17H18NO. The summed E-state index contributed by atoms with van der Waals surface area (Å²) < 4.78 is 5.38. The third kappa shape index (κ3) is 3.15. The van der Waals surface area contributed by atoms with Crippen LogP contribution in [0.4, 0.5) is 5.69 Å². The van der Waals surface area contributed by atoms with Crippen LogP contribution in [0.3, 0.4) is 0 Å². The lowest BCUT2D eigenvalue weighted by molar-refractivity contribution is 0.122. The smallest absolute Gasteiger partial charge is 0.0642 e. The monoisotopic (exact) mass is 252 g/mol. The van der Waals surface area contributed by atoms with Gasteiger partial charge in [0.2, 0.25) is 0 Å². The standard InChI is InChI=1S/C17H18NO/c1-2-4-15(5-3-1)14-16-6-8-17(9-7-16)18-10-12-19-13-11-18/h1-2,4-9H,10-14H2. The van der Waals surface area contributed by atoms with Crippen LogP contribution in [0.5, 0.6) is 0 Å². The maximum Gasteiger partial charge on any atom is 0.0642 e. The second-order valence-electron chi connectivity index (χ2n) is 4.85. The third-order valence-corrected chi connectivity index (χ3v) is 3.49. The largest absolute Gasteiger partial charge is 0.378 e. The third-order valence-electron chi connectivity index (χ3n) is 3.49. The van der Waals surface area contributed by atoms with Crippen LogP contribution < -0.4 is 4.90 Å². The summed E-state index contributed by atoms with van der Waals surface area (Å²) in [5.74, 6) is 0. The van der Waals surface area contributed by atoms with Gasteiger partial charge in [-0.3, -0.25) is 0 Å². The van der Waals surface area contributed by atoms with E-state index in [2.05, 4.69) is 47.4 Å². The van der Waals surface area contributed by atoms with Gasteiger partial charge in [0.25, 0.3) is 0 Å². The van der Waals surface area contributed by atoms with Crippen LogP contribution >= 0.6 is 0 Å². The highest BCUT2D eigenvalue weighted by molar-refractivity contribution is 5.48. The second kappa shape index (κ2) is 5.89. The average Bonchev–Trinajstić information content (AvgIpc) is 2.50. The molecule has 2 nitrogen and oxygen atoms in total. The van der Waals surface area contributed by atoms with Gasteiger partial charge in [-0.05, 0) is 35.7 Å². The van der Waals surface area contributed by atoms with Gasteiger partial charge in [-0.15, -0.1) is 0 Å². The molecule has 0 saturated carbocycles. The number of nitrogens with zero attached hydrogens (tertiary/aromatic N) is 1. The van der Waals surface area contributed by atoms with E-state index in [9.17, 15) is 0 Å². The summed E-state index contributed by atoms with van der Waals surface area (Å²) in [7, 11) is 0. The Morgan fingerprint density at radius 1 is 1.00 bits per heavy atom. The molecule has 1 heterocycles. The van der Waals surface area contributed by atoms with Gasteiger partial charge in [0, 0.05) is 18.8 Å². The molecule has 0 unspecified atom stereocenters. The van der Waals surface area contributed by atoms with Crippen molar-refractivity contribution in [3.8, 4) is 0 Å². The van der Waals surface area contributed by atoms with E-state index in [1.54, 1.807) is 0 Å². The van der Waals surface area contributed by atoms with E-state index in [4.69, 9.17) is 4.74 Å². The van der Waals surface area contributed by atoms with Gasteiger partial charge < -0.3 is 9.64 Å². The fourth-order valence-corrected chi connectivity index (χ4v) is 2.42. The summed E-state index contributed by atoms with van der Waals surface area (Å²) >= 11 is 0. The highest BCUT2D eigenvalue weighted by Crippen LogP contribution is 2.18. The molecule has 3 rings (SSSR count). The van der Waals surface area contributed by atoms with Gasteiger partial charge in [-0.2, -0.15) is 0 Å². The van der Waals surface area contributed by atoms with Gasteiger partial charge >= 0.3 is 0 Å². The summed E-state index contributed by atoms with van der Waals surface area (Å²) in [6.45, 7) is 3.66. The van der Waals surface area contributed by atoms with Crippen LogP contribution in [-0.2, 0) is 11.2 Å². The van der Waals surface area contributed by atoms with Crippen molar-refractivity contribution in [1.29, 1.82) is 0 Å². The van der Waals surface area contributed by atoms with E-state index < -0.39 is 0 Å². The van der Waals surface area contributed by atoms with Crippen molar-refractivity contribution in [2.45, 2.75) is 6.42 Å². The Balaban J connectivity index is 1.68. The zero-order valence-electron chi connectivity index (χ0n) is 11.0. The number of hydrogen-bond donors (Lipinski definition) is 0. The molecule has 2 aromatic carbocycles. The minimum absolute atomic E-state index is 0.835. The van der Waals surface area contributed by atoms with Gasteiger partial charge in [-0.25, -0.2) is 0 Å². The Morgan fingerprint density at radius 2 is 1.79 bits per heavy atom. The van der Waals surface area contributed by atoms with Crippen molar-refractivity contribution in [1.82, 2.24) is 0 Å². The normalized spacial score (nSPS) is 15.5. The van der Waals surface area contributed by atoms with E-state index in [0.29, 0.717) is 0 Å². The van der Waals surface area contributed by atoms with Gasteiger partial charge in [0.05, 0.1) is 13.2 Å². The Hall–Kier alpha value is -1.80. The summed E-state index contributed by atoms with van der Waals surface area (Å²) in [5, 5.41) is 0. The Morgan fingerprint density at radius 3 is 2.47 bits per heavy atom. The maximum atomic E-state index is 5.38. The molecule has 19 heavy (non-hydrogen) atoms. The summed E-state index contributed by atoms with van der Waals surface area (Å²) in [6, 6.07) is 20.2. The number of benzene rings is 2. The summed E-state index contributed by atoms with van der Waals surface area (Å²) in [6.07, 6.45) is 0.973. The van der Waals surface area contributed by atoms with Crippen LogP contribution in [-0.4, -0.2) is 26.3 Å². The number of hydrogen-bond acceptors (Lipinski definition) is 2. The first-order chi connectivity index (χ1) is 9.42. The Kier molecular flexibility index (Phi) is 3.80. The van der Waals surface area contributed by atoms with Crippen LogP contribution in [0.2, 0.25) is 0 Å². The molecule has 2 heteroatoms. The highest BCUT2D eigenvalue weighted by atomic mass is 16.5. The Labute approximate surface area is 114 Å². The molecule has 0 N–H and O–H groups in total. The quantitative estimate of drug-likeness (QED) is 0.833. The lowest BCUT2D eigenvalue weighted by atomic mass is 10.0. The van der Waals surface area contributed by atoms with E-state index in [-0.39, 0.29) is 0 Å². The van der Waals surface area contributed by atoms with Crippen LogP contribution in [0, 0.1) is 6.07 Å². The van der Waals surface area contributed by atoms with E-state index in [1.165, 1.54) is 16.8 Å². The van der Waals surface area contributed by atoms with Crippen LogP contribution in [0.25, 0.3) is 0 Å². The molecule has 1 fully saturated rings. The predicted octanol–water partition coefficient (Wildman–Crippen LogP) is 2.91. The number of anilines is 1. The average molecular weight is 252 g/mol. The van der Waals surface area contributed by atoms with Gasteiger partial charge in [0.1, 0.15) is 0 Å². The first-order valence-corrected chi connectivity index (χ1v) is 6.78. The number of rotatable bonds is 3. The van der Waals surface area contributed by atoms with E-state index in [0.717, 1.165) is 32.7 Å². The molecule has 0 amide bonds. The minimum Gasteiger partial charge on any atom is -0.378 e. The molecule has 0 aliphatic carbocycles. The fourth-order valence-electron chi connectivity index (χ4n) is 2.42. The maximum absolute atomic E-state index is 5.38. The molecule has 2 aromatic rings. The van der Waals surface area contributed by atoms with Crippen LogP contribution in [0.15, 0.2) is 48.5 Å². The summed E-state index contributed by atoms with van der Waals surface area (Å²) in [5.41, 5.74) is 3.95. The highest BCUT2D eigenvalue weighted by Gasteiger charge is 2.10. The first kappa shape index (κ1) is 12.2. The zero-order valence-corrected chi connectivity index (χ0v) is 11.0. The molecule has 1 radical (unpaired) electrons. The van der Waals surface area contributed by atoms with Crippen molar-refractivity contribution in [3.63, 3.8) is 0 Å². The zero-order chi connectivity index (χ0) is 12.9. The predicted molar refractivity (Wildman–Crippen MR) is 77.6 cm³/mol. The lowest BCUT2D eigenvalue weighted by Gasteiger charge is -2.28. The molecule has 0 aromatic heterocycles. The number of morpholine rings is 1. The molecule has 1 aliphatic rings. The van der Waals surface area contributed by atoms with E-state index >= 15 is 0 Å². The van der Waals surface area contributed by atoms with Crippen molar-refractivity contribution >= 4 is 5.69 Å². The molecule has 0 bridgehead atoms. The van der Waals surface area contributed by atoms with Crippen molar-refractivity contribution in [2.24, 2.45) is 0 Å². The van der Waals surface area contributed by atoms with Crippen molar-refractivity contribution < 1.29 is 4.74 Å². The molecule has 0 spiro atoms. The first-order valence-electron chi connectivity index (χ1n) is 6.78. The van der Waals surface area contributed by atoms with Crippen molar-refractivity contribution in [3.05, 3.63) is 65.7 Å². The molecule has 1 aliphatic heterocycles. The fraction of sp³-hybridized carbons (Fsp3) is 0.294. The molecular weight excluding hydrogens is 234 g/mol. The molecule has 1 saturated heterocycles. The second-order valence-corrected chi connectivity index (χ2v) is 4.85. The van der Waals surface area contributed by atoms with Gasteiger partial charge in [-0.1, -0.05) is 36.4 Å². The minimum atomic E-state index is 0.835. The van der Waals surface area contributed by atoms with Crippen molar-refractivity contribution in [2.75, 3.05) is 31.2 Å². The van der Waals surface area contributed by atoms with E-state index in [1.807, 2.05) is 12.1 Å². The molecule has 97 valence electrons. The SMILES string of the molecule is [c]1cccc(Cc2ccc(N3CCOCC3)cc2)c1. The lowest BCUT2D eigenvalue weighted by Crippen LogP contribution is -2.36. The number of ether oxygens (including phenoxy) is 1. The van der Waals surface area contributed by atoms with Gasteiger partial charge in [0.15, 0.2) is 0 Å². The Bertz CT molecular complexity index is 501.